The second kappa shape index (κ2) is 5.27. The average Bonchev–Trinajstić information content (AvgIpc) is 2.83. The topological polar surface area (TPSA) is 67.5 Å². The molecule has 2 aromatic rings. The Labute approximate surface area is 105 Å². The van der Waals surface area contributed by atoms with Crippen LogP contribution in [0.5, 0.6) is 0 Å². The number of carbonyl (C=O) groups is 1. The summed E-state index contributed by atoms with van der Waals surface area (Å²) >= 11 is 0. The first-order valence-corrected chi connectivity index (χ1v) is 5.48. The van der Waals surface area contributed by atoms with E-state index in [1.165, 1.54) is 6.26 Å². The molecule has 0 unspecified atom stereocenters. The molecule has 0 bridgehead atoms. The van der Waals surface area contributed by atoms with Crippen LogP contribution in [0.15, 0.2) is 46.2 Å². The van der Waals surface area contributed by atoms with Crippen molar-refractivity contribution in [3.8, 4) is 0 Å². The minimum absolute atomic E-state index is 0.295. The number of pyridine rings is 1. The number of carbonyl (C=O) groups excluding carboxylic acids is 1. The van der Waals surface area contributed by atoms with Crippen LogP contribution in [0.1, 0.15) is 28.7 Å². The van der Waals surface area contributed by atoms with Crippen LogP contribution in [0.2, 0.25) is 0 Å². The smallest absolute Gasteiger partial charge is 0.274 e. The van der Waals surface area contributed by atoms with E-state index < -0.39 is 0 Å². The molecule has 0 aliphatic heterocycles. The van der Waals surface area contributed by atoms with Crippen LogP contribution >= 0.6 is 0 Å². The Morgan fingerprint density at radius 1 is 1.39 bits per heavy atom. The number of furan rings is 1. The Hall–Kier alpha value is -2.43. The largest absolute Gasteiger partial charge is 0.469 e. The number of hydrogen-bond donors (Lipinski definition) is 1. The summed E-state index contributed by atoms with van der Waals surface area (Å²) in [4.78, 5) is 15.9. The van der Waals surface area contributed by atoms with Crippen molar-refractivity contribution >= 4 is 11.6 Å². The van der Waals surface area contributed by atoms with Crippen molar-refractivity contribution in [3.05, 3.63) is 53.7 Å². The molecule has 0 saturated heterocycles. The molecule has 0 aliphatic rings. The van der Waals surface area contributed by atoms with Crippen LogP contribution in [0.25, 0.3) is 0 Å². The number of nitrogens with one attached hydrogen (secondary N) is 1. The van der Waals surface area contributed by atoms with Gasteiger partial charge in [0.05, 0.1) is 23.2 Å². The van der Waals surface area contributed by atoms with E-state index in [9.17, 15) is 4.79 Å². The highest BCUT2D eigenvalue weighted by Crippen LogP contribution is 2.08. The number of hydrazone groups is 1. The average molecular weight is 243 g/mol. The number of amides is 1. The number of aromatic nitrogens is 1. The predicted octanol–water partition coefficient (Wildman–Crippen LogP) is 2.14. The number of aryl methyl sites for hydroxylation is 1. The molecule has 5 nitrogen and oxygen atoms in total. The molecule has 0 atom stereocenters. The Bertz CT molecular complexity index is 573. The highest BCUT2D eigenvalue weighted by Gasteiger charge is 2.10. The highest BCUT2D eigenvalue weighted by atomic mass is 16.3. The SMILES string of the molecule is C/C(=N/NC(=O)c1ccoc1C)c1ccccn1. The van der Waals surface area contributed by atoms with Crippen molar-refractivity contribution in [2.75, 3.05) is 0 Å². The van der Waals surface area contributed by atoms with Crippen LogP contribution in [-0.4, -0.2) is 16.6 Å². The van der Waals surface area contributed by atoms with E-state index in [2.05, 4.69) is 15.5 Å². The lowest BCUT2D eigenvalue weighted by atomic mass is 10.2. The van der Waals surface area contributed by atoms with Gasteiger partial charge in [-0.05, 0) is 32.0 Å². The fourth-order valence-corrected chi connectivity index (χ4v) is 1.45. The zero-order valence-electron chi connectivity index (χ0n) is 10.2. The second-order valence-electron chi connectivity index (χ2n) is 3.74. The molecule has 0 spiro atoms. The van der Waals surface area contributed by atoms with Crippen LogP contribution in [0.4, 0.5) is 0 Å². The van der Waals surface area contributed by atoms with Crippen LogP contribution in [0, 0.1) is 6.92 Å². The van der Waals surface area contributed by atoms with Crippen molar-refractivity contribution in [1.29, 1.82) is 0 Å². The first kappa shape index (κ1) is 12.0. The van der Waals surface area contributed by atoms with Gasteiger partial charge in [0.25, 0.3) is 5.91 Å². The molecule has 2 aromatic heterocycles. The fraction of sp³-hybridized carbons (Fsp3) is 0.154. The summed E-state index contributed by atoms with van der Waals surface area (Å²) in [5.74, 6) is 0.273. The van der Waals surface area contributed by atoms with Gasteiger partial charge in [0, 0.05) is 6.20 Å². The molecule has 1 N–H and O–H groups in total. The summed E-state index contributed by atoms with van der Waals surface area (Å²) in [6, 6.07) is 7.12. The van der Waals surface area contributed by atoms with Gasteiger partial charge in [0.2, 0.25) is 0 Å². The van der Waals surface area contributed by atoms with Gasteiger partial charge in [-0.2, -0.15) is 5.10 Å². The van der Waals surface area contributed by atoms with E-state index in [1.807, 2.05) is 18.2 Å². The molecule has 2 rings (SSSR count). The molecular weight excluding hydrogens is 230 g/mol. The summed E-state index contributed by atoms with van der Waals surface area (Å²) in [5.41, 5.74) is 4.32. The summed E-state index contributed by atoms with van der Waals surface area (Å²) in [6.07, 6.45) is 3.15. The van der Waals surface area contributed by atoms with Gasteiger partial charge in [-0.15, -0.1) is 0 Å². The maximum absolute atomic E-state index is 11.8. The van der Waals surface area contributed by atoms with Crippen molar-refractivity contribution < 1.29 is 9.21 Å². The van der Waals surface area contributed by atoms with Gasteiger partial charge in [-0.1, -0.05) is 6.07 Å². The fourth-order valence-electron chi connectivity index (χ4n) is 1.45. The van der Waals surface area contributed by atoms with Crippen LogP contribution in [0.3, 0.4) is 0 Å². The summed E-state index contributed by atoms with van der Waals surface area (Å²) in [6.45, 7) is 3.51. The molecule has 18 heavy (non-hydrogen) atoms. The molecular formula is C13H13N3O2. The summed E-state index contributed by atoms with van der Waals surface area (Å²) in [7, 11) is 0. The first-order chi connectivity index (χ1) is 8.68. The lowest BCUT2D eigenvalue weighted by Crippen LogP contribution is -2.19. The third kappa shape index (κ3) is 2.63. The summed E-state index contributed by atoms with van der Waals surface area (Å²) < 4.78 is 5.06. The van der Waals surface area contributed by atoms with E-state index >= 15 is 0 Å². The summed E-state index contributed by atoms with van der Waals surface area (Å²) in [5, 5.41) is 4.00. The monoisotopic (exact) mass is 243 g/mol. The van der Waals surface area contributed by atoms with E-state index in [-0.39, 0.29) is 5.91 Å². The Balaban J connectivity index is 2.08. The molecule has 0 aromatic carbocycles. The van der Waals surface area contributed by atoms with Crippen molar-refractivity contribution in [2.24, 2.45) is 5.10 Å². The number of hydrogen-bond acceptors (Lipinski definition) is 4. The lowest BCUT2D eigenvalue weighted by Gasteiger charge is -2.01. The van der Waals surface area contributed by atoms with Crippen molar-refractivity contribution in [3.63, 3.8) is 0 Å². The predicted molar refractivity (Wildman–Crippen MR) is 67.4 cm³/mol. The van der Waals surface area contributed by atoms with E-state index in [1.54, 1.807) is 26.1 Å². The quantitative estimate of drug-likeness (QED) is 0.663. The van der Waals surface area contributed by atoms with Gasteiger partial charge in [0.15, 0.2) is 0 Å². The van der Waals surface area contributed by atoms with Crippen LogP contribution < -0.4 is 5.43 Å². The van der Waals surface area contributed by atoms with Crippen molar-refractivity contribution in [1.82, 2.24) is 10.4 Å². The Morgan fingerprint density at radius 3 is 2.83 bits per heavy atom. The standard InChI is InChI=1S/C13H13N3O2/c1-9(12-5-3-4-7-14-12)15-16-13(17)11-6-8-18-10(11)2/h3-8H,1-2H3,(H,16,17)/b15-9-. The molecule has 2 heterocycles. The second-order valence-corrected chi connectivity index (χ2v) is 3.74. The Kier molecular flexibility index (Phi) is 3.52. The van der Waals surface area contributed by atoms with E-state index in [4.69, 9.17) is 4.42 Å². The first-order valence-electron chi connectivity index (χ1n) is 5.48. The maximum Gasteiger partial charge on any atom is 0.274 e. The molecule has 5 heteroatoms. The number of rotatable bonds is 3. The van der Waals surface area contributed by atoms with Gasteiger partial charge in [-0.25, -0.2) is 5.43 Å². The molecule has 92 valence electrons. The lowest BCUT2D eigenvalue weighted by molar-refractivity contribution is 0.0953. The van der Waals surface area contributed by atoms with E-state index in [0.717, 1.165) is 5.69 Å². The molecule has 0 fully saturated rings. The van der Waals surface area contributed by atoms with Gasteiger partial charge in [-0.3, -0.25) is 9.78 Å². The van der Waals surface area contributed by atoms with Crippen molar-refractivity contribution in [2.45, 2.75) is 13.8 Å². The molecule has 0 saturated carbocycles. The minimum Gasteiger partial charge on any atom is -0.469 e. The molecule has 0 aliphatic carbocycles. The normalized spacial score (nSPS) is 11.3. The molecule has 0 radical (unpaired) electrons. The van der Waals surface area contributed by atoms with E-state index in [0.29, 0.717) is 17.0 Å². The molecule has 1 amide bonds. The third-order valence-corrected chi connectivity index (χ3v) is 2.46. The third-order valence-electron chi connectivity index (χ3n) is 2.46. The van der Waals surface area contributed by atoms with Crippen LogP contribution in [-0.2, 0) is 0 Å². The van der Waals surface area contributed by atoms with Gasteiger partial charge < -0.3 is 4.42 Å². The zero-order valence-corrected chi connectivity index (χ0v) is 10.2. The van der Waals surface area contributed by atoms with Gasteiger partial charge in [0.1, 0.15) is 5.76 Å². The Morgan fingerprint density at radius 2 is 2.22 bits per heavy atom. The maximum atomic E-state index is 11.8. The highest BCUT2D eigenvalue weighted by molar-refractivity contribution is 5.99. The number of nitrogens with zero attached hydrogens (tertiary/aromatic N) is 2. The van der Waals surface area contributed by atoms with Gasteiger partial charge >= 0.3 is 0 Å². The minimum atomic E-state index is -0.295. The zero-order chi connectivity index (χ0) is 13.0.